The average molecular weight is 568 g/mol. The highest BCUT2D eigenvalue weighted by atomic mass is 32.2. The van der Waals surface area contributed by atoms with Crippen LogP contribution in [-0.2, 0) is 31.4 Å². The van der Waals surface area contributed by atoms with Crippen LogP contribution in [0.5, 0.6) is 5.75 Å². The lowest BCUT2D eigenvalue weighted by atomic mass is 10.0. The van der Waals surface area contributed by atoms with Crippen LogP contribution in [0.15, 0.2) is 65.4 Å². The number of methoxy groups -OCH3 is 1. The highest BCUT2D eigenvalue weighted by Crippen LogP contribution is 2.26. The molecule has 2 atom stereocenters. The summed E-state index contributed by atoms with van der Waals surface area (Å²) >= 11 is 1.34. The number of thioether (sulfide) groups is 1. The van der Waals surface area contributed by atoms with Crippen molar-refractivity contribution in [1.82, 2.24) is 15.6 Å². The molecule has 2 amide bonds. The highest BCUT2D eigenvalue weighted by molar-refractivity contribution is 7.99. The molecule has 2 aromatic carbocycles. The van der Waals surface area contributed by atoms with Crippen molar-refractivity contribution in [2.45, 2.75) is 44.5 Å². The molecule has 3 rings (SSSR count). The van der Waals surface area contributed by atoms with Gasteiger partial charge in [-0.2, -0.15) is 0 Å². The molecule has 1 heterocycles. The summed E-state index contributed by atoms with van der Waals surface area (Å²) in [5.74, 6) is -1.55. The molecule has 0 bridgehead atoms. The Balaban J connectivity index is 1.65. The quantitative estimate of drug-likeness (QED) is 0.251. The van der Waals surface area contributed by atoms with Gasteiger partial charge in [0, 0.05) is 16.9 Å². The van der Waals surface area contributed by atoms with Gasteiger partial charge in [0.1, 0.15) is 18.1 Å². The molecular formula is C29H33N3O7S. The fourth-order valence-electron chi connectivity index (χ4n) is 3.97. The predicted molar refractivity (Wildman–Crippen MR) is 151 cm³/mol. The maximum Gasteiger partial charge on any atom is 0.305 e. The molecule has 3 N–H and O–H groups in total. The van der Waals surface area contributed by atoms with E-state index in [1.807, 2.05) is 30.3 Å². The van der Waals surface area contributed by atoms with Gasteiger partial charge in [-0.3, -0.25) is 19.2 Å². The van der Waals surface area contributed by atoms with Crippen LogP contribution in [0.3, 0.4) is 0 Å². The van der Waals surface area contributed by atoms with Crippen molar-refractivity contribution in [3.63, 3.8) is 0 Å². The molecule has 0 aliphatic carbocycles. The molecule has 11 heteroatoms. The molecule has 0 aliphatic heterocycles. The van der Waals surface area contributed by atoms with E-state index in [1.165, 1.54) is 31.3 Å². The summed E-state index contributed by atoms with van der Waals surface area (Å²) < 4.78 is 10.7. The van der Waals surface area contributed by atoms with E-state index in [0.717, 1.165) is 5.56 Å². The molecule has 3 aromatic rings. The maximum absolute atomic E-state index is 13.2. The van der Waals surface area contributed by atoms with Crippen molar-refractivity contribution in [2.75, 3.05) is 12.9 Å². The maximum atomic E-state index is 13.2. The number of oxazole rings is 1. The minimum absolute atomic E-state index is 0.0342. The molecule has 212 valence electrons. The average Bonchev–Trinajstić information content (AvgIpc) is 3.46. The van der Waals surface area contributed by atoms with Gasteiger partial charge >= 0.3 is 5.97 Å². The molecule has 0 aliphatic rings. The Morgan fingerprint density at radius 3 is 2.45 bits per heavy atom. The van der Waals surface area contributed by atoms with Crippen molar-refractivity contribution in [1.29, 1.82) is 0 Å². The SMILES string of the molecule is COc1ccc(-c2ncco2)cc1CC(=O)NC(C(=O)NC(CC(=O)O)C(=O)CSCc1ccccc1)C(C)C. The number of carboxylic acid groups (broad SMARTS) is 1. The second-order valence-electron chi connectivity index (χ2n) is 9.43. The third kappa shape index (κ3) is 8.98. The molecule has 1 aromatic heterocycles. The molecule has 40 heavy (non-hydrogen) atoms. The Labute approximate surface area is 236 Å². The molecule has 0 saturated heterocycles. The number of aliphatic carboxylic acids is 1. The summed E-state index contributed by atoms with van der Waals surface area (Å²) in [5.41, 5.74) is 2.25. The Morgan fingerprint density at radius 2 is 1.82 bits per heavy atom. The predicted octanol–water partition coefficient (Wildman–Crippen LogP) is 3.50. The van der Waals surface area contributed by atoms with Gasteiger partial charge in [-0.05, 0) is 29.7 Å². The number of rotatable bonds is 15. The number of carbonyl (C=O) groups excluding carboxylic acids is 3. The molecule has 2 unspecified atom stereocenters. The number of ether oxygens (including phenoxy) is 1. The number of benzene rings is 2. The Hall–Kier alpha value is -4.12. The number of ketones is 1. The lowest BCUT2D eigenvalue weighted by molar-refractivity contribution is -0.140. The first-order valence-corrected chi connectivity index (χ1v) is 13.9. The number of aromatic nitrogens is 1. The third-order valence-electron chi connectivity index (χ3n) is 6.02. The van der Waals surface area contributed by atoms with E-state index >= 15 is 0 Å². The van der Waals surface area contributed by atoms with E-state index in [2.05, 4.69) is 15.6 Å². The van der Waals surface area contributed by atoms with Gasteiger partial charge in [-0.15, -0.1) is 11.8 Å². The van der Waals surface area contributed by atoms with Gasteiger partial charge in [0.25, 0.3) is 0 Å². The summed E-state index contributed by atoms with van der Waals surface area (Å²) in [6.45, 7) is 3.50. The number of amides is 2. The van der Waals surface area contributed by atoms with Crippen LogP contribution in [0.25, 0.3) is 11.5 Å². The number of carbonyl (C=O) groups is 4. The normalized spacial score (nSPS) is 12.4. The van der Waals surface area contributed by atoms with Gasteiger partial charge in [0.15, 0.2) is 5.78 Å². The van der Waals surface area contributed by atoms with Gasteiger partial charge in [0.05, 0.1) is 37.9 Å². The van der Waals surface area contributed by atoms with Crippen LogP contribution in [-0.4, -0.2) is 58.6 Å². The first-order valence-electron chi connectivity index (χ1n) is 12.7. The van der Waals surface area contributed by atoms with Crippen molar-refractivity contribution >= 4 is 35.3 Å². The van der Waals surface area contributed by atoms with E-state index in [4.69, 9.17) is 9.15 Å². The van der Waals surface area contributed by atoms with Crippen molar-refractivity contribution < 1.29 is 33.4 Å². The van der Waals surface area contributed by atoms with E-state index in [9.17, 15) is 24.3 Å². The summed E-state index contributed by atoms with van der Waals surface area (Å²) in [6.07, 6.45) is 2.31. The largest absolute Gasteiger partial charge is 0.496 e. The zero-order valence-corrected chi connectivity index (χ0v) is 23.4. The monoisotopic (exact) mass is 567 g/mol. The van der Waals surface area contributed by atoms with Crippen molar-refractivity contribution in [3.8, 4) is 17.2 Å². The molecule has 0 fully saturated rings. The minimum Gasteiger partial charge on any atom is -0.496 e. The Kier molecular flexibility index (Phi) is 11.3. The molecular weight excluding hydrogens is 534 g/mol. The van der Waals surface area contributed by atoms with E-state index in [0.29, 0.717) is 28.5 Å². The number of hydrogen-bond acceptors (Lipinski definition) is 8. The van der Waals surface area contributed by atoms with Crippen molar-refractivity contribution in [2.24, 2.45) is 5.92 Å². The lowest BCUT2D eigenvalue weighted by Gasteiger charge is -2.25. The van der Waals surface area contributed by atoms with E-state index in [-0.39, 0.29) is 18.1 Å². The van der Waals surface area contributed by atoms with Crippen LogP contribution in [0.4, 0.5) is 0 Å². The number of nitrogens with zero attached hydrogens (tertiary/aromatic N) is 1. The molecule has 0 radical (unpaired) electrons. The van der Waals surface area contributed by atoms with Gasteiger partial charge < -0.3 is 24.9 Å². The Morgan fingerprint density at radius 1 is 1.07 bits per heavy atom. The second kappa shape index (κ2) is 14.9. The Bertz CT molecular complexity index is 1300. The summed E-state index contributed by atoms with van der Waals surface area (Å²) in [7, 11) is 1.49. The number of carboxylic acids is 1. The topological polar surface area (TPSA) is 148 Å². The summed E-state index contributed by atoms with van der Waals surface area (Å²) in [4.78, 5) is 54.6. The zero-order valence-electron chi connectivity index (χ0n) is 22.6. The lowest BCUT2D eigenvalue weighted by Crippen LogP contribution is -2.54. The zero-order chi connectivity index (χ0) is 29.1. The van der Waals surface area contributed by atoms with Gasteiger partial charge in [0.2, 0.25) is 17.7 Å². The van der Waals surface area contributed by atoms with E-state index in [1.54, 1.807) is 32.0 Å². The van der Waals surface area contributed by atoms with Crippen LogP contribution in [0.2, 0.25) is 0 Å². The standard InChI is InChI=1S/C29H33N3O7S/c1-18(2)27(32-25(34)14-21-13-20(9-10-24(21)38-3)29-30-11-12-39-29)28(37)31-22(15-26(35)36)23(33)17-40-16-19-7-5-4-6-8-19/h4-13,18,22,27H,14-17H2,1-3H3,(H,31,37)(H,32,34)(H,35,36). The smallest absolute Gasteiger partial charge is 0.305 e. The van der Waals surface area contributed by atoms with Gasteiger partial charge in [-0.25, -0.2) is 4.98 Å². The summed E-state index contributed by atoms with van der Waals surface area (Å²) in [6, 6.07) is 12.5. The number of hydrogen-bond donors (Lipinski definition) is 3. The van der Waals surface area contributed by atoms with Gasteiger partial charge in [-0.1, -0.05) is 44.2 Å². The van der Waals surface area contributed by atoms with Crippen LogP contribution >= 0.6 is 11.8 Å². The minimum atomic E-state index is -1.22. The fourth-order valence-corrected chi connectivity index (χ4v) is 4.91. The second-order valence-corrected chi connectivity index (χ2v) is 10.4. The third-order valence-corrected chi connectivity index (χ3v) is 7.04. The molecule has 10 nitrogen and oxygen atoms in total. The molecule has 0 spiro atoms. The van der Waals surface area contributed by atoms with Crippen LogP contribution < -0.4 is 15.4 Å². The fraction of sp³-hybridized carbons (Fsp3) is 0.345. The molecule has 0 saturated carbocycles. The van der Waals surface area contributed by atoms with Crippen molar-refractivity contribution in [3.05, 3.63) is 72.1 Å². The first-order chi connectivity index (χ1) is 19.2. The number of nitrogens with one attached hydrogen (secondary N) is 2. The van der Waals surface area contributed by atoms with E-state index < -0.39 is 42.1 Å². The highest BCUT2D eigenvalue weighted by Gasteiger charge is 2.30. The number of Topliss-reactive ketones (excluding diaryl/α,β-unsaturated/α-hetero) is 1. The van der Waals surface area contributed by atoms with Crippen LogP contribution in [0.1, 0.15) is 31.4 Å². The first kappa shape index (κ1) is 30.4. The summed E-state index contributed by atoms with van der Waals surface area (Å²) in [5, 5.41) is 14.6. The van der Waals surface area contributed by atoms with Crippen LogP contribution in [0, 0.1) is 5.92 Å².